The van der Waals surface area contributed by atoms with Gasteiger partial charge in [-0.15, -0.1) is 24.0 Å². The van der Waals surface area contributed by atoms with E-state index in [1.165, 1.54) is 10.8 Å². The van der Waals surface area contributed by atoms with Crippen molar-refractivity contribution >= 4 is 46.6 Å². The predicted octanol–water partition coefficient (Wildman–Crippen LogP) is 3.55. The Balaban J connectivity index is 0.00000420. The number of nitrogens with one attached hydrogen (secondary N) is 3. The van der Waals surface area contributed by atoms with E-state index in [2.05, 4.69) is 45.2 Å². The molecule has 160 valence electrons. The molecule has 0 aliphatic rings. The lowest BCUT2D eigenvalue weighted by atomic mass is 9.93. The van der Waals surface area contributed by atoms with Crippen molar-refractivity contribution in [3.63, 3.8) is 0 Å². The topological polar surface area (TPSA) is 74.8 Å². The van der Waals surface area contributed by atoms with Crippen molar-refractivity contribution in [2.75, 3.05) is 33.3 Å². The summed E-state index contributed by atoms with van der Waals surface area (Å²) >= 11 is 0. The van der Waals surface area contributed by atoms with Gasteiger partial charge in [-0.3, -0.25) is 9.79 Å². The van der Waals surface area contributed by atoms with Gasteiger partial charge in [0, 0.05) is 20.1 Å². The second-order valence-corrected chi connectivity index (χ2v) is 7.30. The smallest absolute Gasteiger partial charge is 0.227 e. The van der Waals surface area contributed by atoms with Gasteiger partial charge in [0.2, 0.25) is 5.91 Å². The highest BCUT2D eigenvalue weighted by atomic mass is 127. The summed E-state index contributed by atoms with van der Waals surface area (Å²) in [5.41, 5.74) is -0.545. The Morgan fingerprint density at radius 3 is 2.52 bits per heavy atom. The molecule has 0 fully saturated rings. The summed E-state index contributed by atoms with van der Waals surface area (Å²) in [6.07, 6.45) is 0.843. The molecule has 0 aliphatic carbocycles. The molecule has 7 heteroatoms. The lowest BCUT2D eigenvalue weighted by Crippen LogP contribution is -2.41. The van der Waals surface area contributed by atoms with Crippen molar-refractivity contribution in [3.05, 3.63) is 42.5 Å². The summed E-state index contributed by atoms with van der Waals surface area (Å²) in [7, 11) is 1.65. The second-order valence-electron chi connectivity index (χ2n) is 7.30. The van der Waals surface area contributed by atoms with E-state index in [1.807, 2.05) is 39.0 Å². The zero-order valence-corrected chi connectivity index (χ0v) is 20.1. The molecule has 0 saturated heterocycles. The van der Waals surface area contributed by atoms with Gasteiger partial charge >= 0.3 is 0 Å². The maximum absolute atomic E-state index is 11.9. The third-order valence-electron chi connectivity index (χ3n) is 4.42. The zero-order chi connectivity index (χ0) is 20.4. The van der Waals surface area contributed by atoms with E-state index in [-0.39, 0.29) is 29.9 Å². The maximum atomic E-state index is 11.9. The number of ether oxygens (including phenoxy) is 1. The third kappa shape index (κ3) is 8.08. The third-order valence-corrected chi connectivity index (χ3v) is 4.42. The Labute approximate surface area is 190 Å². The van der Waals surface area contributed by atoms with Crippen LogP contribution < -0.4 is 20.7 Å². The van der Waals surface area contributed by atoms with Gasteiger partial charge in [-0.05, 0) is 50.1 Å². The van der Waals surface area contributed by atoms with Gasteiger partial charge in [0.25, 0.3) is 0 Å². The number of fused-ring (bicyclic) bond motifs is 1. The van der Waals surface area contributed by atoms with Gasteiger partial charge in [0.1, 0.15) is 5.75 Å². The van der Waals surface area contributed by atoms with Crippen LogP contribution in [0.2, 0.25) is 0 Å². The number of carbonyl (C=O) groups is 1. The zero-order valence-electron chi connectivity index (χ0n) is 17.7. The first-order valence-corrected chi connectivity index (χ1v) is 9.82. The molecule has 0 spiro atoms. The Morgan fingerprint density at radius 1 is 1.10 bits per heavy atom. The number of hydrogen-bond acceptors (Lipinski definition) is 3. The molecule has 3 N–H and O–H groups in total. The molecule has 0 aliphatic heterocycles. The number of halogens is 1. The average molecular weight is 512 g/mol. The van der Waals surface area contributed by atoms with E-state index >= 15 is 0 Å². The van der Waals surface area contributed by atoms with E-state index in [4.69, 9.17) is 4.74 Å². The molecule has 0 atom stereocenters. The van der Waals surface area contributed by atoms with Gasteiger partial charge in [-0.1, -0.05) is 30.3 Å². The van der Waals surface area contributed by atoms with E-state index in [9.17, 15) is 4.79 Å². The van der Waals surface area contributed by atoms with Crippen LogP contribution in [0.1, 0.15) is 27.2 Å². The molecule has 0 unspecified atom stereocenters. The number of nitrogens with zero attached hydrogens (tertiary/aromatic N) is 1. The first-order chi connectivity index (χ1) is 13.5. The lowest BCUT2D eigenvalue weighted by Gasteiger charge is -2.21. The van der Waals surface area contributed by atoms with E-state index < -0.39 is 5.41 Å². The highest BCUT2D eigenvalue weighted by molar-refractivity contribution is 14.0. The van der Waals surface area contributed by atoms with E-state index in [0.29, 0.717) is 19.1 Å². The molecule has 6 nitrogen and oxygen atoms in total. The van der Waals surface area contributed by atoms with Crippen LogP contribution in [0, 0.1) is 5.41 Å². The molecule has 2 rings (SSSR count). The van der Waals surface area contributed by atoms with Crippen LogP contribution in [0.3, 0.4) is 0 Å². The number of hydrogen-bond donors (Lipinski definition) is 3. The molecule has 1 amide bonds. The van der Waals surface area contributed by atoms with Crippen LogP contribution in [0.4, 0.5) is 0 Å². The summed E-state index contributed by atoms with van der Waals surface area (Å²) in [5, 5.41) is 11.6. The summed E-state index contributed by atoms with van der Waals surface area (Å²) in [4.78, 5) is 16.4. The van der Waals surface area contributed by atoms with Crippen molar-refractivity contribution in [2.24, 2.45) is 10.4 Å². The summed E-state index contributed by atoms with van der Waals surface area (Å²) in [5.74, 6) is 1.58. The van der Waals surface area contributed by atoms with Crippen molar-refractivity contribution in [2.45, 2.75) is 27.2 Å². The lowest BCUT2D eigenvalue weighted by molar-refractivity contribution is -0.128. The van der Waals surface area contributed by atoms with Crippen LogP contribution in [0.15, 0.2) is 47.5 Å². The molecule has 0 radical (unpaired) electrons. The van der Waals surface area contributed by atoms with Gasteiger partial charge in [-0.25, -0.2) is 0 Å². The van der Waals surface area contributed by atoms with Gasteiger partial charge in [0.15, 0.2) is 5.96 Å². The molecule has 2 aromatic rings. The quantitative estimate of drug-likeness (QED) is 0.208. The number of rotatable bonds is 9. The van der Waals surface area contributed by atoms with Gasteiger partial charge < -0.3 is 20.7 Å². The van der Waals surface area contributed by atoms with Crippen molar-refractivity contribution in [1.82, 2.24) is 16.0 Å². The van der Waals surface area contributed by atoms with Crippen LogP contribution in [-0.4, -0.2) is 45.2 Å². The number of benzene rings is 2. The maximum Gasteiger partial charge on any atom is 0.227 e. The largest absolute Gasteiger partial charge is 0.494 e. The number of guanidine groups is 1. The summed E-state index contributed by atoms with van der Waals surface area (Å²) < 4.78 is 5.86. The first-order valence-electron chi connectivity index (χ1n) is 9.82. The molecule has 0 saturated carbocycles. The predicted molar refractivity (Wildman–Crippen MR) is 131 cm³/mol. The van der Waals surface area contributed by atoms with Crippen molar-refractivity contribution < 1.29 is 9.53 Å². The van der Waals surface area contributed by atoms with E-state index in [1.54, 1.807) is 7.05 Å². The van der Waals surface area contributed by atoms with Gasteiger partial charge in [-0.2, -0.15) is 0 Å². The van der Waals surface area contributed by atoms with Crippen molar-refractivity contribution in [3.8, 4) is 5.75 Å². The fraction of sp³-hybridized carbons (Fsp3) is 0.455. The molecule has 2 aromatic carbocycles. The fourth-order valence-corrected chi connectivity index (χ4v) is 2.75. The highest BCUT2D eigenvalue weighted by Crippen LogP contribution is 2.20. The fourth-order valence-electron chi connectivity index (χ4n) is 2.75. The second kappa shape index (κ2) is 12.5. The molecular formula is C22H33IN4O2. The van der Waals surface area contributed by atoms with Gasteiger partial charge in [0.05, 0.1) is 18.6 Å². The SMILES string of the molecule is CCNC(=NCC(C)(C)C(=O)NC)NCCCOc1ccc2ccccc2c1.I. The van der Waals surface area contributed by atoms with E-state index in [0.717, 1.165) is 25.3 Å². The molecule has 29 heavy (non-hydrogen) atoms. The minimum atomic E-state index is -0.545. The summed E-state index contributed by atoms with van der Waals surface area (Å²) in [6, 6.07) is 14.4. The Hall–Kier alpha value is -2.03. The highest BCUT2D eigenvalue weighted by Gasteiger charge is 2.26. The number of carbonyl (C=O) groups excluding carboxylic acids is 1. The Kier molecular flexibility index (Phi) is 10.8. The summed E-state index contributed by atoms with van der Waals surface area (Å²) in [6.45, 7) is 8.32. The average Bonchev–Trinajstić information content (AvgIpc) is 2.70. The van der Waals surface area contributed by atoms with Crippen molar-refractivity contribution in [1.29, 1.82) is 0 Å². The first kappa shape index (κ1) is 25.0. The number of amides is 1. The number of aliphatic imine (C=N–C) groups is 1. The van der Waals surface area contributed by atoms with Crippen LogP contribution in [-0.2, 0) is 4.79 Å². The minimum Gasteiger partial charge on any atom is -0.494 e. The molecule has 0 heterocycles. The Morgan fingerprint density at radius 2 is 1.83 bits per heavy atom. The molecule has 0 aromatic heterocycles. The van der Waals surface area contributed by atoms with Crippen LogP contribution >= 0.6 is 24.0 Å². The van der Waals surface area contributed by atoms with Crippen LogP contribution in [0.5, 0.6) is 5.75 Å². The monoisotopic (exact) mass is 512 g/mol. The normalized spacial score (nSPS) is 11.5. The molecular weight excluding hydrogens is 479 g/mol. The molecule has 0 bridgehead atoms. The standard InChI is InChI=1S/C22H32N4O2.HI/c1-5-24-21(26-16-22(2,3)20(27)23-4)25-13-8-14-28-19-12-11-17-9-6-7-10-18(17)15-19;/h6-7,9-12,15H,5,8,13-14,16H2,1-4H3,(H,23,27)(H2,24,25,26);1H. The minimum absolute atomic E-state index is 0. The van der Waals surface area contributed by atoms with Crippen LogP contribution in [0.25, 0.3) is 10.8 Å². The Bertz CT molecular complexity index is 808.